The van der Waals surface area contributed by atoms with E-state index < -0.39 is 5.97 Å². The molecule has 0 atom stereocenters. The Morgan fingerprint density at radius 1 is 1.06 bits per heavy atom. The van der Waals surface area contributed by atoms with Gasteiger partial charge in [0.2, 0.25) is 0 Å². The number of aldehydes is 1. The van der Waals surface area contributed by atoms with Gasteiger partial charge in [-0.05, 0) is 30.3 Å². The van der Waals surface area contributed by atoms with Crippen molar-refractivity contribution in [3.05, 3.63) is 59.7 Å². The largest absolute Gasteiger partial charge is 0.478 e. The van der Waals surface area contributed by atoms with E-state index >= 15 is 0 Å². The molecule has 0 saturated carbocycles. The number of aromatic carboxylic acids is 1. The SMILES string of the molecule is O=Cc1ccccc1Sc1ccc(C(=O)O)cc1. The summed E-state index contributed by atoms with van der Waals surface area (Å²) in [6, 6.07) is 13.8. The van der Waals surface area contributed by atoms with Crippen molar-refractivity contribution in [3.63, 3.8) is 0 Å². The van der Waals surface area contributed by atoms with Crippen LogP contribution in [0.25, 0.3) is 0 Å². The molecule has 2 aromatic carbocycles. The Balaban J connectivity index is 2.23. The van der Waals surface area contributed by atoms with Crippen molar-refractivity contribution in [1.29, 1.82) is 0 Å². The lowest BCUT2D eigenvalue weighted by atomic mass is 10.2. The zero-order valence-corrected chi connectivity index (χ0v) is 10.2. The van der Waals surface area contributed by atoms with Gasteiger partial charge in [0.25, 0.3) is 0 Å². The van der Waals surface area contributed by atoms with Gasteiger partial charge in [-0.25, -0.2) is 4.79 Å². The highest BCUT2D eigenvalue weighted by Crippen LogP contribution is 2.29. The topological polar surface area (TPSA) is 54.4 Å². The molecule has 18 heavy (non-hydrogen) atoms. The number of hydrogen-bond acceptors (Lipinski definition) is 3. The predicted octanol–water partition coefficient (Wildman–Crippen LogP) is 3.35. The van der Waals surface area contributed by atoms with Gasteiger partial charge in [-0.3, -0.25) is 4.79 Å². The third-order valence-electron chi connectivity index (χ3n) is 2.38. The summed E-state index contributed by atoms with van der Waals surface area (Å²) in [5, 5.41) is 8.79. The van der Waals surface area contributed by atoms with E-state index in [0.717, 1.165) is 16.1 Å². The maximum Gasteiger partial charge on any atom is 0.335 e. The Morgan fingerprint density at radius 2 is 1.72 bits per heavy atom. The van der Waals surface area contributed by atoms with Crippen LogP contribution in [0.4, 0.5) is 0 Å². The molecule has 0 fully saturated rings. The van der Waals surface area contributed by atoms with Gasteiger partial charge >= 0.3 is 5.97 Å². The van der Waals surface area contributed by atoms with Crippen LogP contribution in [0.1, 0.15) is 20.7 Å². The second kappa shape index (κ2) is 5.51. The molecule has 0 spiro atoms. The maximum absolute atomic E-state index is 10.9. The van der Waals surface area contributed by atoms with Crippen molar-refractivity contribution in [1.82, 2.24) is 0 Å². The number of benzene rings is 2. The number of carbonyl (C=O) groups excluding carboxylic acids is 1. The van der Waals surface area contributed by atoms with Crippen molar-refractivity contribution in [2.24, 2.45) is 0 Å². The van der Waals surface area contributed by atoms with Crippen LogP contribution >= 0.6 is 11.8 Å². The molecular formula is C14H10O3S. The second-order valence-electron chi connectivity index (χ2n) is 3.59. The van der Waals surface area contributed by atoms with Gasteiger partial charge < -0.3 is 5.11 Å². The molecule has 1 N–H and O–H groups in total. The number of rotatable bonds is 4. The first-order valence-electron chi connectivity index (χ1n) is 5.26. The molecule has 3 nitrogen and oxygen atoms in total. The average Bonchev–Trinajstić information content (AvgIpc) is 2.40. The highest BCUT2D eigenvalue weighted by atomic mass is 32.2. The summed E-state index contributed by atoms with van der Waals surface area (Å²) in [7, 11) is 0. The quantitative estimate of drug-likeness (QED) is 0.854. The molecule has 0 amide bonds. The summed E-state index contributed by atoms with van der Waals surface area (Å²) in [4.78, 5) is 23.3. The first-order chi connectivity index (χ1) is 8.70. The summed E-state index contributed by atoms with van der Waals surface area (Å²) in [5.74, 6) is -0.945. The molecule has 4 heteroatoms. The molecule has 0 heterocycles. The van der Waals surface area contributed by atoms with Crippen molar-refractivity contribution < 1.29 is 14.7 Å². The monoisotopic (exact) mass is 258 g/mol. The number of carbonyl (C=O) groups is 2. The lowest BCUT2D eigenvalue weighted by molar-refractivity contribution is 0.0696. The third-order valence-corrected chi connectivity index (χ3v) is 3.47. The molecule has 0 saturated heterocycles. The van der Waals surface area contributed by atoms with Gasteiger partial charge in [-0.1, -0.05) is 30.0 Å². The highest BCUT2D eigenvalue weighted by Gasteiger charge is 2.05. The molecule has 0 aromatic heterocycles. The van der Waals surface area contributed by atoms with Crippen LogP contribution in [0, 0.1) is 0 Å². The minimum Gasteiger partial charge on any atom is -0.478 e. The fourth-order valence-electron chi connectivity index (χ4n) is 1.46. The third kappa shape index (κ3) is 2.78. The van der Waals surface area contributed by atoms with E-state index in [9.17, 15) is 9.59 Å². The van der Waals surface area contributed by atoms with Crippen LogP contribution in [0.3, 0.4) is 0 Å². The van der Waals surface area contributed by atoms with Crippen LogP contribution in [-0.2, 0) is 0 Å². The zero-order chi connectivity index (χ0) is 13.0. The smallest absolute Gasteiger partial charge is 0.335 e. The minimum absolute atomic E-state index is 0.253. The Kier molecular flexibility index (Phi) is 3.79. The van der Waals surface area contributed by atoms with Gasteiger partial charge in [-0.2, -0.15) is 0 Å². The number of carboxylic acid groups (broad SMARTS) is 1. The van der Waals surface area contributed by atoms with Crippen molar-refractivity contribution in [2.45, 2.75) is 9.79 Å². The molecule has 0 aliphatic heterocycles. The second-order valence-corrected chi connectivity index (χ2v) is 4.70. The Morgan fingerprint density at radius 3 is 2.33 bits per heavy atom. The van der Waals surface area contributed by atoms with Crippen molar-refractivity contribution >= 4 is 24.0 Å². The van der Waals surface area contributed by atoms with Gasteiger partial charge in [-0.15, -0.1) is 0 Å². The minimum atomic E-state index is -0.945. The lowest BCUT2D eigenvalue weighted by Crippen LogP contribution is -1.94. The first kappa shape index (κ1) is 12.4. The van der Waals surface area contributed by atoms with E-state index in [-0.39, 0.29) is 5.56 Å². The normalized spacial score (nSPS) is 10.0. The predicted molar refractivity (Wildman–Crippen MR) is 69.4 cm³/mol. The summed E-state index contributed by atoms with van der Waals surface area (Å²) in [6.07, 6.45) is 0.813. The van der Waals surface area contributed by atoms with Gasteiger partial charge in [0, 0.05) is 15.4 Å². The van der Waals surface area contributed by atoms with Crippen LogP contribution < -0.4 is 0 Å². The van der Waals surface area contributed by atoms with Crippen LogP contribution in [-0.4, -0.2) is 17.4 Å². The van der Waals surface area contributed by atoms with E-state index in [0.29, 0.717) is 5.56 Å². The van der Waals surface area contributed by atoms with Crippen LogP contribution in [0.5, 0.6) is 0 Å². The van der Waals surface area contributed by atoms with Crippen molar-refractivity contribution in [3.8, 4) is 0 Å². The molecule has 0 radical (unpaired) electrons. The summed E-state index contributed by atoms with van der Waals surface area (Å²) < 4.78 is 0. The number of hydrogen-bond donors (Lipinski definition) is 1. The van der Waals surface area contributed by atoms with Gasteiger partial charge in [0.15, 0.2) is 6.29 Å². The fourth-order valence-corrected chi connectivity index (χ4v) is 2.37. The molecule has 2 rings (SSSR count). The highest BCUT2D eigenvalue weighted by molar-refractivity contribution is 7.99. The van der Waals surface area contributed by atoms with Crippen LogP contribution in [0.2, 0.25) is 0 Å². The van der Waals surface area contributed by atoms with E-state index in [1.54, 1.807) is 36.4 Å². The fraction of sp³-hybridized carbons (Fsp3) is 0. The summed E-state index contributed by atoms with van der Waals surface area (Å²) >= 11 is 1.44. The first-order valence-corrected chi connectivity index (χ1v) is 6.08. The van der Waals surface area contributed by atoms with E-state index in [4.69, 9.17) is 5.11 Å². The van der Waals surface area contributed by atoms with Gasteiger partial charge in [0.1, 0.15) is 0 Å². The molecule has 0 aliphatic rings. The number of carboxylic acids is 1. The standard InChI is InChI=1S/C14H10O3S/c15-9-11-3-1-2-4-13(11)18-12-7-5-10(6-8-12)14(16)17/h1-9H,(H,16,17). The zero-order valence-electron chi connectivity index (χ0n) is 9.37. The summed E-state index contributed by atoms with van der Waals surface area (Å²) in [6.45, 7) is 0. The molecule has 90 valence electrons. The molecule has 0 bridgehead atoms. The van der Waals surface area contributed by atoms with E-state index in [2.05, 4.69) is 0 Å². The maximum atomic E-state index is 10.9. The molecule has 2 aromatic rings. The Labute approximate surface area is 108 Å². The van der Waals surface area contributed by atoms with Gasteiger partial charge in [0.05, 0.1) is 5.56 Å². The molecule has 0 unspecified atom stereocenters. The van der Waals surface area contributed by atoms with E-state index in [1.165, 1.54) is 11.8 Å². The van der Waals surface area contributed by atoms with Crippen LogP contribution in [0.15, 0.2) is 58.3 Å². The Bertz CT molecular complexity index is 576. The summed E-state index contributed by atoms with van der Waals surface area (Å²) in [5.41, 5.74) is 0.882. The van der Waals surface area contributed by atoms with Crippen molar-refractivity contribution in [2.75, 3.05) is 0 Å². The van der Waals surface area contributed by atoms with E-state index in [1.807, 2.05) is 12.1 Å². The molecule has 0 aliphatic carbocycles. The average molecular weight is 258 g/mol. The Hall–Kier alpha value is -2.07. The lowest BCUT2D eigenvalue weighted by Gasteiger charge is -2.04. The molecular weight excluding hydrogens is 248 g/mol.